The van der Waals surface area contributed by atoms with Crippen molar-refractivity contribution in [1.29, 1.82) is 0 Å². The number of hydrogen-bond donors (Lipinski definition) is 0. The molecule has 0 bridgehead atoms. The molecule has 0 heterocycles. The van der Waals surface area contributed by atoms with Gasteiger partial charge in [-0.2, -0.15) is 0 Å². The van der Waals surface area contributed by atoms with Crippen LogP contribution in [0.4, 0.5) is 0 Å². The largest absolute Gasteiger partial charge is 0.383 e. The molecule has 0 amide bonds. The molecule has 0 saturated carbocycles. The Morgan fingerprint density at radius 1 is 0.769 bits per heavy atom. The summed E-state index contributed by atoms with van der Waals surface area (Å²) in [5.74, 6) is 0.0415. The first-order valence-electron chi connectivity index (χ1n) is 8.75. The van der Waals surface area contributed by atoms with E-state index in [1.807, 2.05) is 91.9 Å². The molecule has 0 radical (unpaired) electrons. The number of nitrogens with zero attached hydrogens (tertiary/aromatic N) is 1. The van der Waals surface area contributed by atoms with Crippen LogP contribution in [0.5, 0.6) is 0 Å². The third kappa shape index (κ3) is 4.48. The van der Waals surface area contributed by atoms with E-state index in [1.54, 1.807) is 0 Å². The Hall–Kier alpha value is -3.13. The average molecular weight is 341 g/mol. The number of allylic oxidation sites excluding steroid dienone is 1. The van der Waals surface area contributed by atoms with Gasteiger partial charge in [0, 0.05) is 31.4 Å². The van der Waals surface area contributed by atoms with Gasteiger partial charge in [0.25, 0.3) is 0 Å². The quantitative estimate of drug-likeness (QED) is 0.461. The SMILES string of the molecule is CN(C)/C=C(/C(=O)c1cccc(Cc2ccccc2)c1)c1ccccc1. The van der Waals surface area contributed by atoms with Gasteiger partial charge >= 0.3 is 0 Å². The Morgan fingerprint density at radius 2 is 1.35 bits per heavy atom. The summed E-state index contributed by atoms with van der Waals surface area (Å²) in [6.07, 6.45) is 2.71. The highest BCUT2D eigenvalue weighted by Gasteiger charge is 2.15. The van der Waals surface area contributed by atoms with Crippen molar-refractivity contribution in [1.82, 2.24) is 4.90 Å². The normalized spacial score (nSPS) is 11.2. The minimum absolute atomic E-state index is 0.0415. The predicted molar refractivity (Wildman–Crippen MR) is 108 cm³/mol. The van der Waals surface area contributed by atoms with Crippen LogP contribution in [0.25, 0.3) is 5.57 Å². The van der Waals surface area contributed by atoms with Crippen LogP contribution < -0.4 is 0 Å². The summed E-state index contributed by atoms with van der Waals surface area (Å²) in [5.41, 5.74) is 4.73. The number of Topliss-reactive ketones (excluding diaryl/α,β-unsaturated/α-hetero) is 1. The highest BCUT2D eigenvalue weighted by Crippen LogP contribution is 2.21. The smallest absolute Gasteiger partial charge is 0.195 e. The van der Waals surface area contributed by atoms with Crippen molar-refractivity contribution >= 4 is 11.4 Å². The Labute approximate surface area is 155 Å². The highest BCUT2D eigenvalue weighted by atomic mass is 16.1. The number of hydrogen-bond acceptors (Lipinski definition) is 2. The topological polar surface area (TPSA) is 20.3 Å². The first kappa shape index (κ1) is 17.7. The fourth-order valence-corrected chi connectivity index (χ4v) is 2.95. The van der Waals surface area contributed by atoms with Crippen molar-refractivity contribution in [2.75, 3.05) is 14.1 Å². The van der Waals surface area contributed by atoms with Crippen LogP contribution in [0.1, 0.15) is 27.0 Å². The predicted octanol–water partition coefficient (Wildman–Crippen LogP) is 5.06. The molecular weight excluding hydrogens is 318 g/mol. The van der Waals surface area contributed by atoms with E-state index in [1.165, 1.54) is 5.56 Å². The minimum Gasteiger partial charge on any atom is -0.383 e. The van der Waals surface area contributed by atoms with E-state index in [0.29, 0.717) is 5.57 Å². The van der Waals surface area contributed by atoms with E-state index < -0.39 is 0 Å². The van der Waals surface area contributed by atoms with Gasteiger partial charge in [-0.25, -0.2) is 0 Å². The summed E-state index contributed by atoms with van der Waals surface area (Å²) >= 11 is 0. The number of rotatable bonds is 6. The molecule has 0 aliphatic rings. The lowest BCUT2D eigenvalue weighted by Crippen LogP contribution is -2.09. The standard InChI is InChI=1S/C24H23NO/c1-25(2)18-23(21-13-7-4-8-14-21)24(26)22-15-9-12-20(17-22)16-19-10-5-3-6-11-19/h3-15,17-18H,16H2,1-2H3/b23-18+. The van der Waals surface area contributed by atoms with Crippen molar-refractivity contribution in [2.24, 2.45) is 0 Å². The van der Waals surface area contributed by atoms with E-state index in [9.17, 15) is 4.79 Å². The molecule has 2 heteroatoms. The number of carbonyl (C=O) groups is 1. The minimum atomic E-state index is 0.0415. The van der Waals surface area contributed by atoms with Gasteiger partial charge in [-0.1, -0.05) is 78.9 Å². The fraction of sp³-hybridized carbons (Fsp3) is 0.125. The van der Waals surface area contributed by atoms with Gasteiger partial charge < -0.3 is 4.90 Å². The maximum absolute atomic E-state index is 13.2. The summed E-state index contributed by atoms with van der Waals surface area (Å²) in [7, 11) is 3.87. The monoisotopic (exact) mass is 341 g/mol. The molecule has 0 aliphatic carbocycles. The number of benzene rings is 3. The molecule has 0 spiro atoms. The van der Waals surface area contributed by atoms with Crippen molar-refractivity contribution in [3.05, 3.63) is 113 Å². The van der Waals surface area contributed by atoms with E-state index >= 15 is 0 Å². The lowest BCUT2D eigenvalue weighted by atomic mass is 9.95. The van der Waals surface area contributed by atoms with Crippen LogP contribution in [-0.4, -0.2) is 24.8 Å². The van der Waals surface area contributed by atoms with Crippen LogP contribution in [-0.2, 0) is 6.42 Å². The Bertz CT molecular complexity index is 896. The maximum Gasteiger partial charge on any atom is 0.195 e. The Kier molecular flexibility index (Phi) is 5.65. The first-order valence-corrected chi connectivity index (χ1v) is 8.75. The molecule has 0 N–H and O–H groups in total. The van der Waals surface area contributed by atoms with Crippen LogP contribution in [0, 0.1) is 0 Å². The molecule has 3 aromatic carbocycles. The summed E-state index contributed by atoms with van der Waals surface area (Å²) < 4.78 is 0. The maximum atomic E-state index is 13.2. The van der Waals surface area contributed by atoms with Gasteiger partial charge in [-0.15, -0.1) is 0 Å². The molecule has 3 aromatic rings. The second kappa shape index (κ2) is 8.30. The average Bonchev–Trinajstić information content (AvgIpc) is 2.67. The van der Waals surface area contributed by atoms with E-state index in [2.05, 4.69) is 18.2 Å². The summed E-state index contributed by atoms with van der Waals surface area (Å²) in [6.45, 7) is 0. The van der Waals surface area contributed by atoms with E-state index in [0.717, 1.165) is 23.1 Å². The molecule has 0 saturated heterocycles. The van der Waals surface area contributed by atoms with Crippen LogP contribution in [0.3, 0.4) is 0 Å². The molecule has 0 fully saturated rings. The third-order valence-corrected chi connectivity index (χ3v) is 4.16. The second-order valence-corrected chi connectivity index (χ2v) is 6.56. The zero-order valence-electron chi connectivity index (χ0n) is 15.2. The van der Waals surface area contributed by atoms with E-state index in [-0.39, 0.29) is 5.78 Å². The molecule has 26 heavy (non-hydrogen) atoms. The molecule has 0 atom stereocenters. The molecule has 0 unspecified atom stereocenters. The summed E-state index contributed by atoms with van der Waals surface area (Å²) in [6, 6.07) is 28.1. The molecule has 2 nitrogen and oxygen atoms in total. The van der Waals surface area contributed by atoms with Crippen molar-refractivity contribution in [2.45, 2.75) is 6.42 Å². The fourth-order valence-electron chi connectivity index (χ4n) is 2.95. The Balaban J connectivity index is 1.91. The Morgan fingerprint density at radius 3 is 2.00 bits per heavy atom. The van der Waals surface area contributed by atoms with Gasteiger partial charge in [-0.3, -0.25) is 4.79 Å². The lowest BCUT2D eigenvalue weighted by Gasteiger charge is -2.12. The molecule has 130 valence electrons. The first-order chi connectivity index (χ1) is 12.6. The summed E-state index contributed by atoms with van der Waals surface area (Å²) in [4.78, 5) is 15.1. The molecular formula is C24H23NO. The molecule has 0 aliphatic heterocycles. The van der Waals surface area contributed by atoms with Gasteiger partial charge in [0.2, 0.25) is 0 Å². The zero-order chi connectivity index (χ0) is 18.4. The molecule has 3 rings (SSSR count). The van der Waals surface area contributed by atoms with Gasteiger partial charge in [0.15, 0.2) is 5.78 Å². The van der Waals surface area contributed by atoms with Gasteiger partial charge in [0.1, 0.15) is 0 Å². The van der Waals surface area contributed by atoms with Crippen LogP contribution in [0.15, 0.2) is 91.1 Å². The molecule has 0 aromatic heterocycles. The number of ketones is 1. The van der Waals surface area contributed by atoms with Crippen LogP contribution >= 0.6 is 0 Å². The lowest BCUT2D eigenvalue weighted by molar-refractivity contribution is 0.105. The summed E-state index contributed by atoms with van der Waals surface area (Å²) in [5, 5.41) is 0. The zero-order valence-corrected chi connectivity index (χ0v) is 15.2. The van der Waals surface area contributed by atoms with Crippen LogP contribution in [0.2, 0.25) is 0 Å². The van der Waals surface area contributed by atoms with Gasteiger partial charge in [-0.05, 0) is 29.2 Å². The van der Waals surface area contributed by atoms with Crippen molar-refractivity contribution in [3.8, 4) is 0 Å². The van der Waals surface area contributed by atoms with Gasteiger partial charge in [0.05, 0.1) is 0 Å². The number of carbonyl (C=O) groups excluding carboxylic acids is 1. The second-order valence-electron chi connectivity index (χ2n) is 6.56. The van der Waals surface area contributed by atoms with E-state index in [4.69, 9.17) is 0 Å². The third-order valence-electron chi connectivity index (χ3n) is 4.16. The van der Waals surface area contributed by atoms with Crippen molar-refractivity contribution < 1.29 is 4.79 Å². The van der Waals surface area contributed by atoms with Crippen molar-refractivity contribution in [3.63, 3.8) is 0 Å². The highest BCUT2D eigenvalue weighted by molar-refractivity contribution is 6.28.